The maximum atomic E-state index is 12.6. The molecule has 0 N–H and O–H groups in total. The predicted octanol–water partition coefficient (Wildman–Crippen LogP) is 3.18. The maximum absolute atomic E-state index is 12.6. The van der Waals surface area contributed by atoms with Gasteiger partial charge in [0.15, 0.2) is 18.1 Å². The molecule has 2 aliphatic rings. The number of benzene rings is 1. The molecule has 0 unspecified atom stereocenters. The van der Waals surface area contributed by atoms with E-state index in [2.05, 4.69) is 41.6 Å². The van der Waals surface area contributed by atoms with Gasteiger partial charge < -0.3 is 14.4 Å². The number of carbonyl (C=O) groups is 1. The van der Waals surface area contributed by atoms with Crippen LogP contribution in [0.5, 0.6) is 11.5 Å². The summed E-state index contributed by atoms with van der Waals surface area (Å²) in [6.45, 7) is 8.47. The zero-order chi connectivity index (χ0) is 18.9. The van der Waals surface area contributed by atoms with E-state index in [0.29, 0.717) is 5.75 Å². The van der Waals surface area contributed by atoms with E-state index in [1.807, 2.05) is 17.0 Å². The van der Waals surface area contributed by atoms with Crippen molar-refractivity contribution in [3.05, 3.63) is 46.2 Å². The van der Waals surface area contributed by atoms with Gasteiger partial charge in [0.2, 0.25) is 0 Å². The van der Waals surface area contributed by atoms with Crippen molar-refractivity contribution in [1.29, 1.82) is 0 Å². The Morgan fingerprint density at radius 2 is 2.04 bits per heavy atom. The molecule has 1 saturated heterocycles. The van der Waals surface area contributed by atoms with E-state index in [9.17, 15) is 4.79 Å². The highest BCUT2D eigenvalue weighted by atomic mass is 32.1. The minimum Gasteiger partial charge on any atom is -0.483 e. The summed E-state index contributed by atoms with van der Waals surface area (Å²) in [4.78, 5) is 16.9. The molecule has 3 heterocycles. The molecule has 0 spiro atoms. The third-order valence-electron chi connectivity index (χ3n) is 5.12. The normalized spacial score (nSPS) is 18.8. The highest BCUT2D eigenvalue weighted by Crippen LogP contribution is 2.41. The molecule has 1 aromatic heterocycles. The summed E-state index contributed by atoms with van der Waals surface area (Å²) in [5.74, 6) is 1.50. The molecule has 0 radical (unpaired) electrons. The van der Waals surface area contributed by atoms with Gasteiger partial charge in [-0.05, 0) is 42.3 Å². The molecule has 4 rings (SSSR count). The van der Waals surface area contributed by atoms with Gasteiger partial charge in [-0.3, -0.25) is 9.69 Å². The lowest BCUT2D eigenvalue weighted by molar-refractivity contribution is -0.135. The summed E-state index contributed by atoms with van der Waals surface area (Å²) in [6, 6.07) is 8.07. The second-order valence-electron chi connectivity index (χ2n) is 7.86. The third-order valence-corrected chi connectivity index (χ3v) is 5.85. The molecule has 0 atom stereocenters. The van der Waals surface area contributed by atoms with E-state index in [-0.39, 0.29) is 18.1 Å². The van der Waals surface area contributed by atoms with E-state index in [1.165, 1.54) is 5.56 Å². The van der Waals surface area contributed by atoms with E-state index >= 15 is 0 Å². The lowest BCUT2D eigenvalue weighted by atomic mass is 10.0. The first kappa shape index (κ1) is 18.3. The van der Waals surface area contributed by atoms with Crippen LogP contribution in [0.4, 0.5) is 0 Å². The fourth-order valence-corrected chi connectivity index (χ4v) is 4.39. The van der Waals surface area contributed by atoms with Gasteiger partial charge >= 0.3 is 0 Å². The molecule has 2 aliphatic heterocycles. The average molecular weight is 387 g/mol. The summed E-state index contributed by atoms with van der Waals surface area (Å²) < 4.78 is 11.9. The van der Waals surface area contributed by atoms with Gasteiger partial charge in [-0.1, -0.05) is 12.1 Å². The predicted molar refractivity (Wildman–Crippen MR) is 107 cm³/mol. The quantitative estimate of drug-likeness (QED) is 0.792. The number of carbonyl (C=O) groups excluding carboxylic acids is 1. The largest absolute Gasteiger partial charge is 0.483 e. The molecule has 27 heavy (non-hydrogen) atoms. The third kappa shape index (κ3) is 4.28. The molecule has 2 aromatic rings. The number of nitrogens with zero attached hydrogens (tertiary/aromatic N) is 2. The molecule has 6 heteroatoms. The van der Waals surface area contributed by atoms with Crippen molar-refractivity contribution >= 4 is 17.2 Å². The first-order valence-corrected chi connectivity index (χ1v) is 10.4. The number of piperazine rings is 1. The van der Waals surface area contributed by atoms with Gasteiger partial charge in [0.05, 0.1) is 0 Å². The number of ether oxygens (including phenoxy) is 2. The topological polar surface area (TPSA) is 42.0 Å². The Bertz CT molecular complexity index is 796. The fraction of sp³-hybridized carbons (Fsp3) is 0.476. The van der Waals surface area contributed by atoms with Crippen molar-refractivity contribution in [2.24, 2.45) is 0 Å². The number of hydrogen-bond donors (Lipinski definition) is 0. The standard InChI is InChI=1S/C21H26N2O3S/c1-21(2)12-17-4-3-5-18(20(17)26-21)25-14-19(24)23-9-7-22(8-10-23)13-16-6-11-27-15-16/h3-6,11,15H,7-10,12-14H2,1-2H3. The Morgan fingerprint density at radius 1 is 1.22 bits per heavy atom. The SMILES string of the molecule is CC1(C)Cc2cccc(OCC(=O)N3CCN(Cc4ccsc4)CC3)c2O1. The van der Waals surface area contributed by atoms with E-state index < -0.39 is 0 Å². The van der Waals surface area contributed by atoms with Crippen LogP contribution in [-0.4, -0.2) is 54.1 Å². The number of amides is 1. The lowest BCUT2D eigenvalue weighted by Crippen LogP contribution is -2.49. The van der Waals surface area contributed by atoms with Gasteiger partial charge in [-0.15, -0.1) is 0 Å². The first-order chi connectivity index (χ1) is 13.0. The van der Waals surface area contributed by atoms with Crippen molar-refractivity contribution in [1.82, 2.24) is 9.80 Å². The number of hydrogen-bond acceptors (Lipinski definition) is 5. The van der Waals surface area contributed by atoms with E-state index in [1.54, 1.807) is 11.3 Å². The Balaban J connectivity index is 1.28. The first-order valence-electron chi connectivity index (χ1n) is 9.45. The maximum Gasteiger partial charge on any atom is 0.260 e. The Labute approximate surface area is 164 Å². The molecule has 0 saturated carbocycles. The van der Waals surface area contributed by atoms with Crippen LogP contribution in [0.15, 0.2) is 35.0 Å². The van der Waals surface area contributed by atoms with Crippen LogP contribution in [0.3, 0.4) is 0 Å². The van der Waals surface area contributed by atoms with Crippen molar-refractivity contribution in [3.63, 3.8) is 0 Å². The van der Waals surface area contributed by atoms with Crippen molar-refractivity contribution in [2.45, 2.75) is 32.4 Å². The summed E-state index contributed by atoms with van der Waals surface area (Å²) in [7, 11) is 0. The summed E-state index contributed by atoms with van der Waals surface area (Å²) in [5.41, 5.74) is 2.28. The second-order valence-corrected chi connectivity index (χ2v) is 8.64. The molecule has 0 bridgehead atoms. The highest BCUT2D eigenvalue weighted by Gasteiger charge is 2.32. The molecule has 0 aliphatic carbocycles. The minimum atomic E-state index is -0.218. The Hall–Kier alpha value is -2.05. The van der Waals surface area contributed by atoms with Gasteiger partial charge in [0, 0.05) is 44.7 Å². The molecule has 144 valence electrons. The van der Waals surface area contributed by atoms with E-state index in [4.69, 9.17) is 9.47 Å². The summed E-state index contributed by atoms with van der Waals surface area (Å²) in [6.07, 6.45) is 0.861. The fourth-order valence-electron chi connectivity index (χ4n) is 3.73. The van der Waals surface area contributed by atoms with Crippen molar-refractivity contribution in [2.75, 3.05) is 32.8 Å². The van der Waals surface area contributed by atoms with Crippen LogP contribution in [-0.2, 0) is 17.8 Å². The molecule has 1 amide bonds. The molecule has 1 fully saturated rings. The number of thiophene rings is 1. The van der Waals surface area contributed by atoms with Crippen molar-refractivity contribution in [3.8, 4) is 11.5 Å². The zero-order valence-electron chi connectivity index (χ0n) is 15.9. The van der Waals surface area contributed by atoms with Crippen molar-refractivity contribution < 1.29 is 14.3 Å². The summed E-state index contributed by atoms with van der Waals surface area (Å²) in [5, 5.41) is 4.30. The monoisotopic (exact) mass is 386 g/mol. The number of fused-ring (bicyclic) bond motifs is 1. The minimum absolute atomic E-state index is 0.0417. The smallest absolute Gasteiger partial charge is 0.260 e. The van der Waals surface area contributed by atoms with Gasteiger partial charge in [-0.2, -0.15) is 11.3 Å². The molecular formula is C21H26N2O3S. The average Bonchev–Trinajstić information content (AvgIpc) is 3.26. The number of rotatable bonds is 5. The van der Waals surface area contributed by atoms with Crippen LogP contribution in [0.2, 0.25) is 0 Å². The van der Waals surface area contributed by atoms with Crippen LogP contribution in [0.1, 0.15) is 25.0 Å². The molecule has 5 nitrogen and oxygen atoms in total. The van der Waals surface area contributed by atoms with Crippen LogP contribution >= 0.6 is 11.3 Å². The number of para-hydroxylation sites is 1. The highest BCUT2D eigenvalue weighted by molar-refractivity contribution is 7.07. The second kappa shape index (κ2) is 7.52. The van der Waals surface area contributed by atoms with Gasteiger partial charge in [0.25, 0.3) is 5.91 Å². The van der Waals surface area contributed by atoms with Gasteiger partial charge in [-0.25, -0.2) is 0 Å². The summed E-state index contributed by atoms with van der Waals surface area (Å²) >= 11 is 1.73. The lowest BCUT2D eigenvalue weighted by Gasteiger charge is -2.34. The van der Waals surface area contributed by atoms with Gasteiger partial charge in [0.1, 0.15) is 5.60 Å². The van der Waals surface area contributed by atoms with E-state index in [0.717, 1.165) is 50.5 Å². The van der Waals surface area contributed by atoms with Crippen LogP contribution in [0.25, 0.3) is 0 Å². The Kier molecular flexibility index (Phi) is 5.10. The molecule has 1 aromatic carbocycles. The van der Waals surface area contributed by atoms with Crippen LogP contribution < -0.4 is 9.47 Å². The zero-order valence-corrected chi connectivity index (χ0v) is 16.8. The molecular weight excluding hydrogens is 360 g/mol. The van der Waals surface area contributed by atoms with Crippen LogP contribution in [0, 0.1) is 0 Å². The Morgan fingerprint density at radius 3 is 2.78 bits per heavy atom.